The molecule has 134 valence electrons. The number of rotatable bonds is 6. The molecule has 0 saturated heterocycles. The highest BCUT2D eigenvalue weighted by molar-refractivity contribution is 7.15. The Labute approximate surface area is 149 Å². The van der Waals surface area contributed by atoms with Crippen LogP contribution in [0.3, 0.4) is 0 Å². The molecule has 3 rings (SSSR count). The molecule has 9 nitrogen and oxygen atoms in total. The van der Waals surface area contributed by atoms with Gasteiger partial charge in [0.25, 0.3) is 5.91 Å². The van der Waals surface area contributed by atoms with Crippen LogP contribution in [0.2, 0.25) is 0 Å². The number of amides is 1. The Bertz CT molecular complexity index is 971. The third kappa shape index (κ3) is 4.00. The fourth-order valence-corrected chi connectivity index (χ4v) is 2.85. The summed E-state index contributed by atoms with van der Waals surface area (Å²) >= 11 is 1.42. The zero-order valence-corrected chi connectivity index (χ0v) is 13.9. The minimum atomic E-state index is -1.01. The first-order valence-electron chi connectivity index (χ1n) is 7.23. The number of hydrogen-bond donors (Lipinski definition) is 1. The number of nitro groups is 1. The summed E-state index contributed by atoms with van der Waals surface area (Å²) in [6.07, 6.45) is 3.39. The normalized spacial score (nSPS) is 10.7. The molecule has 1 amide bonds. The average molecular weight is 378 g/mol. The second-order valence-electron chi connectivity index (χ2n) is 5.13. The van der Waals surface area contributed by atoms with Crippen molar-refractivity contribution in [3.8, 4) is 0 Å². The van der Waals surface area contributed by atoms with Crippen LogP contribution in [0.25, 0.3) is 4.96 Å². The van der Waals surface area contributed by atoms with E-state index in [4.69, 9.17) is 4.74 Å². The zero-order valence-electron chi connectivity index (χ0n) is 13.0. The van der Waals surface area contributed by atoms with Gasteiger partial charge in [-0.2, -0.15) is 4.39 Å². The van der Waals surface area contributed by atoms with Crippen molar-refractivity contribution in [2.45, 2.75) is 6.42 Å². The average Bonchev–Trinajstić information content (AvgIpc) is 3.16. The van der Waals surface area contributed by atoms with Gasteiger partial charge in [-0.1, -0.05) is 0 Å². The summed E-state index contributed by atoms with van der Waals surface area (Å²) in [6, 6.07) is 2.91. The predicted molar refractivity (Wildman–Crippen MR) is 89.4 cm³/mol. The van der Waals surface area contributed by atoms with E-state index in [-0.39, 0.29) is 12.1 Å². The van der Waals surface area contributed by atoms with Crippen molar-refractivity contribution in [2.75, 3.05) is 11.9 Å². The molecule has 1 aromatic carbocycles. The highest BCUT2D eigenvalue weighted by Gasteiger charge is 2.16. The lowest BCUT2D eigenvalue weighted by molar-refractivity contribution is -0.387. The molecule has 0 fully saturated rings. The van der Waals surface area contributed by atoms with E-state index in [1.807, 2.05) is 5.38 Å². The third-order valence-corrected chi connectivity index (χ3v) is 4.03. The molecule has 11 heteroatoms. The van der Waals surface area contributed by atoms with Gasteiger partial charge in [0, 0.05) is 29.5 Å². The number of nitrogens with zero attached hydrogens (tertiary/aromatic N) is 3. The van der Waals surface area contributed by atoms with Gasteiger partial charge in [0.15, 0.2) is 11.6 Å². The fourth-order valence-electron chi connectivity index (χ4n) is 2.13. The van der Waals surface area contributed by atoms with Gasteiger partial charge in [-0.3, -0.25) is 24.1 Å². The molecule has 1 N–H and O–H groups in total. The van der Waals surface area contributed by atoms with Crippen molar-refractivity contribution in [3.63, 3.8) is 0 Å². The fraction of sp³-hybridized carbons (Fsp3) is 0.133. The Morgan fingerprint density at radius 2 is 2.23 bits per heavy atom. The molecule has 0 saturated carbocycles. The first-order chi connectivity index (χ1) is 12.4. The number of hydrogen-bond acceptors (Lipinski definition) is 7. The number of nitro benzene ring substituents is 1. The molecule has 0 atom stereocenters. The number of nitrogens with one attached hydrogen (secondary N) is 1. The van der Waals surface area contributed by atoms with E-state index in [2.05, 4.69) is 10.3 Å². The summed E-state index contributed by atoms with van der Waals surface area (Å²) in [5, 5.41) is 14.8. The number of halogens is 1. The van der Waals surface area contributed by atoms with Crippen molar-refractivity contribution in [3.05, 3.63) is 57.6 Å². The van der Waals surface area contributed by atoms with Crippen LogP contribution in [0, 0.1) is 15.9 Å². The van der Waals surface area contributed by atoms with Crippen LogP contribution < -0.4 is 5.32 Å². The minimum Gasteiger partial charge on any atom is -0.455 e. The topological polar surface area (TPSA) is 116 Å². The molecule has 0 bridgehead atoms. The maximum atomic E-state index is 13.2. The van der Waals surface area contributed by atoms with E-state index in [0.29, 0.717) is 5.69 Å². The van der Waals surface area contributed by atoms with E-state index in [1.165, 1.54) is 17.4 Å². The predicted octanol–water partition coefficient (Wildman–Crippen LogP) is 2.17. The lowest BCUT2D eigenvalue weighted by Crippen LogP contribution is -2.21. The molecule has 0 aliphatic rings. The number of esters is 1. The van der Waals surface area contributed by atoms with E-state index >= 15 is 0 Å². The van der Waals surface area contributed by atoms with Crippen molar-refractivity contribution < 1.29 is 23.6 Å². The van der Waals surface area contributed by atoms with Crippen molar-refractivity contribution in [1.82, 2.24) is 9.38 Å². The van der Waals surface area contributed by atoms with Gasteiger partial charge in [0.2, 0.25) is 5.82 Å². The zero-order chi connectivity index (χ0) is 18.7. The SMILES string of the molecule is O=C(COC(=O)Cc1cn2ccsc2n1)Nc1ccc(F)c([N+](=O)[O-])c1. The summed E-state index contributed by atoms with van der Waals surface area (Å²) in [5.74, 6) is -2.36. The molecule has 0 spiro atoms. The van der Waals surface area contributed by atoms with E-state index in [9.17, 15) is 24.1 Å². The monoisotopic (exact) mass is 378 g/mol. The number of fused-ring (bicyclic) bond motifs is 1. The molecule has 2 aromatic heterocycles. The first-order valence-corrected chi connectivity index (χ1v) is 8.11. The maximum Gasteiger partial charge on any atom is 0.312 e. The quantitative estimate of drug-likeness (QED) is 0.399. The van der Waals surface area contributed by atoms with Gasteiger partial charge in [0.05, 0.1) is 17.0 Å². The van der Waals surface area contributed by atoms with Gasteiger partial charge in [0.1, 0.15) is 0 Å². The number of ether oxygens (including phenoxy) is 1. The Morgan fingerprint density at radius 3 is 2.96 bits per heavy atom. The maximum absolute atomic E-state index is 13.2. The van der Waals surface area contributed by atoms with E-state index < -0.39 is 34.9 Å². The first kappa shape index (κ1) is 17.5. The number of aromatic nitrogens is 2. The molecule has 0 aliphatic carbocycles. The summed E-state index contributed by atoms with van der Waals surface area (Å²) < 4.78 is 19.9. The second kappa shape index (κ2) is 7.27. The number of anilines is 1. The van der Waals surface area contributed by atoms with Crippen LogP contribution in [0.5, 0.6) is 0 Å². The van der Waals surface area contributed by atoms with Gasteiger partial charge < -0.3 is 10.1 Å². The van der Waals surface area contributed by atoms with E-state index in [1.54, 1.807) is 16.8 Å². The van der Waals surface area contributed by atoms with Crippen LogP contribution >= 0.6 is 11.3 Å². The Kier molecular flexibility index (Phi) is 4.89. The molecular formula is C15H11FN4O5S. The summed E-state index contributed by atoms with van der Waals surface area (Å²) in [7, 11) is 0. The lowest BCUT2D eigenvalue weighted by Gasteiger charge is -2.06. The highest BCUT2D eigenvalue weighted by atomic mass is 32.1. The lowest BCUT2D eigenvalue weighted by atomic mass is 10.2. The van der Waals surface area contributed by atoms with Crippen LogP contribution in [0.4, 0.5) is 15.8 Å². The van der Waals surface area contributed by atoms with Crippen molar-refractivity contribution in [1.29, 1.82) is 0 Å². The van der Waals surface area contributed by atoms with Crippen LogP contribution in [0.1, 0.15) is 5.69 Å². The Morgan fingerprint density at radius 1 is 1.42 bits per heavy atom. The number of benzene rings is 1. The third-order valence-electron chi connectivity index (χ3n) is 3.26. The molecule has 26 heavy (non-hydrogen) atoms. The van der Waals surface area contributed by atoms with Gasteiger partial charge in [-0.15, -0.1) is 11.3 Å². The highest BCUT2D eigenvalue weighted by Crippen LogP contribution is 2.21. The molecule has 2 heterocycles. The summed E-state index contributed by atoms with van der Waals surface area (Å²) in [5.41, 5.74) is -0.232. The molecule has 3 aromatic rings. The summed E-state index contributed by atoms with van der Waals surface area (Å²) in [4.78, 5) is 38.3. The van der Waals surface area contributed by atoms with Crippen LogP contribution in [0.15, 0.2) is 36.0 Å². The standard InChI is InChI=1S/C15H11FN4O5S/c16-11-2-1-9(5-12(11)20(23)24)17-13(21)8-25-14(22)6-10-7-19-3-4-26-15(19)18-10/h1-5,7H,6,8H2,(H,17,21). The molecular weight excluding hydrogens is 367 g/mol. The minimum absolute atomic E-state index is 0.0217. The van der Waals surface area contributed by atoms with Gasteiger partial charge in [-0.05, 0) is 12.1 Å². The Balaban J connectivity index is 1.52. The smallest absolute Gasteiger partial charge is 0.312 e. The van der Waals surface area contributed by atoms with E-state index in [0.717, 1.165) is 17.1 Å². The van der Waals surface area contributed by atoms with Gasteiger partial charge >= 0.3 is 11.7 Å². The number of carbonyl (C=O) groups is 2. The Hall–Kier alpha value is -3.34. The summed E-state index contributed by atoms with van der Waals surface area (Å²) in [6.45, 7) is -0.577. The molecule has 0 radical (unpaired) electrons. The van der Waals surface area contributed by atoms with Crippen LogP contribution in [-0.4, -0.2) is 32.8 Å². The van der Waals surface area contributed by atoms with Gasteiger partial charge in [-0.25, -0.2) is 4.98 Å². The molecule has 0 aliphatic heterocycles. The van der Waals surface area contributed by atoms with Crippen molar-refractivity contribution in [2.24, 2.45) is 0 Å². The number of imidazole rings is 1. The van der Waals surface area contributed by atoms with Crippen LogP contribution in [-0.2, 0) is 20.7 Å². The van der Waals surface area contributed by atoms with Crippen molar-refractivity contribution >= 4 is 39.5 Å². The number of thiazole rings is 1. The largest absolute Gasteiger partial charge is 0.455 e. The molecule has 0 unspecified atom stereocenters. The second-order valence-corrected chi connectivity index (χ2v) is 6.01. The number of carbonyl (C=O) groups excluding carboxylic acids is 2.